The first-order valence-corrected chi connectivity index (χ1v) is 10.3. The van der Waals surface area contributed by atoms with E-state index in [-0.39, 0.29) is 24.8 Å². The maximum atomic E-state index is 2.47. The van der Waals surface area contributed by atoms with Gasteiger partial charge in [0.05, 0.1) is 0 Å². The van der Waals surface area contributed by atoms with Crippen LogP contribution in [0.25, 0.3) is 0 Å². The molecule has 0 aromatic heterocycles. The first kappa shape index (κ1) is 19.4. The van der Waals surface area contributed by atoms with Gasteiger partial charge in [0.15, 0.2) is 0 Å². The van der Waals surface area contributed by atoms with Crippen molar-refractivity contribution in [1.82, 2.24) is 0 Å². The molecule has 0 unspecified atom stereocenters. The maximum absolute atomic E-state index is 2.47. The van der Waals surface area contributed by atoms with E-state index in [0.29, 0.717) is 0 Å². The third kappa shape index (κ3) is 4.19. The van der Waals surface area contributed by atoms with E-state index >= 15 is 0 Å². The fourth-order valence-electron chi connectivity index (χ4n) is 2.74. The van der Waals surface area contributed by atoms with Crippen LogP contribution in [0.1, 0.15) is 53.4 Å². The number of hydrogen-bond donors (Lipinski definition) is 0. The van der Waals surface area contributed by atoms with E-state index in [0.717, 1.165) is 0 Å². The molecule has 3 heteroatoms. The van der Waals surface area contributed by atoms with Crippen LogP contribution in [-0.2, 0) is 22.9 Å². The second-order valence-corrected chi connectivity index (χ2v) is 10.1. The molecule has 0 heterocycles. The Labute approximate surface area is 141 Å². The van der Waals surface area contributed by atoms with Crippen molar-refractivity contribution in [2.24, 2.45) is 0 Å². The molecule has 19 heavy (non-hydrogen) atoms. The van der Waals surface area contributed by atoms with Gasteiger partial charge in [-0.15, -0.1) is 0 Å². The molecule has 2 rings (SSSR count). The molecule has 0 N–H and O–H groups in total. The van der Waals surface area contributed by atoms with Gasteiger partial charge in [-0.1, -0.05) is 0 Å². The van der Waals surface area contributed by atoms with E-state index in [2.05, 4.69) is 39.8 Å². The summed E-state index contributed by atoms with van der Waals surface area (Å²) in [6.07, 6.45) is 9.92. The summed E-state index contributed by atoms with van der Waals surface area (Å²) in [5, 5.41) is 0. The Bertz CT molecular complexity index is 411. The van der Waals surface area contributed by atoms with E-state index in [9.17, 15) is 0 Å². The van der Waals surface area contributed by atoms with Crippen LogP contribution >= 0.6 is 0 Å². The Balaban J connectivity index is 0.00000162. The molecular formula is C16H22Cl2Hf. The molecule has 104 valence electrons. The molecule has 0 fully saturated rings. The molecule has 0 spiro atoms. The van der Waals surface area contributed by atoms with Gasteiger partial charge in [-0.2, -0.15) is 0 Å². The van der Waals surface area contributed by atoms with Crippen LogP contribution in [0.15, 0.2) is 41.1 Å². The third-order valence-electron chi connectivity index (χ3n) is 4.04. The largest absolute Gasteiger partial charge is 1.00 e. The van der Waals surface area contributed by atoms with Crippen molar-refractivity contribution >= 4 is 0 Å². The van der Waals surface area contributed by atoms with Crippen LogP contribution in [0.5, 0.6) is 0 Å². The summed E-state index contributed by atoms with van der Waals surface area (Å²) in [4.78, 5) is 0. The Kier molecular flexibility index (Phi) is 8.83. The predicted molar refractivity (Wildman–Crippen MR) is 71.4 cm³/mol. The zero-order valence-electron chi connectivity index (χ0n) is 12.2. The molecule has 0 saturated carbocycles. The van der Waals surface area contributed by atoms with Gasteiger partial charge in [-0.05, 0) is 0 Å². The van der Waals surface area contributed by atoms with Gasteiger partial charge in [0.25, 0.3) is 0 Å². The van der Waals surface area contributed by atoms with Gasteiger partial charge in [0.1, 0.15) is 0 Å². The fraction of sp³-hybridized carbons (Fsp3) is 0.500. The van der Waals surface area contributed by atoms with Crippen molar-refractivity contribution in [2.45, 2.75) is 53.4 Å². The van der Waals surface area contributed by atoms with E-state index in [1.807, 2.05) is 6.66 Å². The minimum absolute atomic E-state index is 0. The van der Waals surface area contributed by atoms with Gasteiger partial charge < -0.3 is 24.8 Å². The monoisotopic (exact) mass is 464 g/mol. The van der Waals surface area contributed by atoms with Crippen molar-refractivity contribution in [2.75, 3.05) is 0 Å². The van der Waals surface area contributed by atoms with Gasteiger partial charge >= 0.3 is 117 Å². The molecular weight excluding hydrogens is 442 g/mol. The topological polar surface area (TPSA) is 0 Å². The number of hydrogen-bond acceptors (Lipinski definition) is 0. The molecule has 2 aliphatic carbocycles. The summed E-state index contributed by atoms with van der Waals surface area (Å²) in [6, 6.07) is 0. The molecule has 0 radical (unpaired) electrons. The molecule has 2 aliphatic rings. The minimum atomic E-state index is -0.703. The molecule has 0 bridgehead atoms. The van der Waals surface area contributed by atoms with Crippen LogP contribution in [0.2, 0.25) is 0 Å². The smallest absolute Gasteiger partial charge is 1.00 e. The molecule has 0 saturated heterocycles. The standard InChI is InChI=1S/2C8H11.2ClH.Hf/c2*1-3-8-6-4-5-7(8)2;;;/h2*6H,3-4H2,1-2H3;2*1H;/q;;;;+2/p-2. The minimum Gasteiger partial charge on any atom is -1.00 e. The van der Waals surface area contributed by atoms with Crippen molar-refractivity contribution in [3.63, 3.8) is 0 Å². The number of rotatable bonds is 4. The van der Waals surface area contributed by atoms with Crippen LogP contribution in [0.3, 0.4) is 0 Å². The second kappa shape index (κ2) is 8.64. The SMILES string of the molecule is CCC1=CC[C]([Hf+2][C]2=C(C)C(CC)=CC2)=C1C.[Cl-].[Cl-]. The van der Waals surface area contributed by atoms with Crippen molar-refractivity contribution in [3.8, 4) is 0 Å². The van der Waals surface area contributed by atoms with Gasteiger partial charge in [-0.3, -0.25) is 0 Å². The summed E-state index contributed by atoms with van der Waals surface area (Å²) in [5.41, 5.74) is 6.54. The first-order valence-electron chi connectivity index (χ1n) is 6.72. The van der Waals surface area contributed by atoms with E-state index in [4.69, 9.17) is 0 Å². The predicted octanol–water partition coefficient (Wildman–Crippen LogP) is -0.895. The Morgan fingerprint density at radius 3 is 1.47 bits per heavy atom. The molecule has 0 aromatic rings. The zero-order valence-corrected chi connectivity index (χ0v) is 17.3. The quantitative estimate of drug-likeness (QED) is 0.475. The van der Waals surface area contributed by atoms with Crippen molar-refractivity contribution < 1.29 is 47.7 Å². The Morgan fingerprint density at radius 2 is 1.21 bits per heavy atom. The maximum Gasteiger partial charge on any atom is -1.00 e. The molecule has 0 atom stereocenters. The average Bonchev–Trinajstić information content (AvgIpc) is 2.85. The van der Waals surface area contributed by atoms with Gasteiger partial charge in [0, 0.05) is 0 Å². The van der Waals surface area contributed by atoms with Crippen molar-refractivity contribution in [1.29, 1.82) is 0 Å². The Morgan fingerprint density at radius 1 is 0.842 bits per heavy atom. The van der Waals surface area contributed by atoms with E-state index in [1.54, 1.807) is 22.3 Å². The Hall–Kier alpha value is 0.410. The van der Waals surface area contributed by atoms with Crippen molar-refractivity contribution in [3.05, 3.63) is 41.1 Å². The zero-order chi connectivity index (χ0) is 12.4. The van der Waals surface area contributed by atoms with Crippen LogP contribution in [-0.4, -0.2) is 0 Å². The van der Waals surface area contributed by atoms with Gasteiger partial charge in [-0.25, -0.2) is 0 Å². The molecule has 0 aliphatic heterocycles. The van der Waals surface area contributed by atoms with E-state index < -0.39 is 22.9 Å². The van der Waals surface area contributed by atoms with E-state index in [1.165, 1.54) is 25.7 Å². The summed E-state index contributed by atoms with van der Waals surface area (Å²) < 4.78 is 3.70. The molecule has 0 aromatic carbocycles. The number of halogens is 2. The van der Waals surface area contributed by atoms with Crippen LogP contribution < -0.4 is 24.8 Å². The van der Waals surface area contributed by atoms with Crippen LogP contribution in [0.4, 0.5) is 0 Å². The molecule has 0 nitrogen and oxygen atoms in total. The average molecular weight is 464 g/mol. The number of allylic oxidation sites excluding steroid dienone is 8. The summed E-state index contributed by atoms with van der Waals surface area (Å²) in [5.74, 6) is 0. The fourth-order valence-corrected chi connectivity index (χ4v) is 8.02. The third-order valence-corrected chi connectivity index (χ3v) is 10.4. The summed E-state index contributed by atoms with van der Waals surface area (Å²) >= 11 is -0.703. The summed E-state index contributed by atoms with van der Waals surface area (Å²) in [7, 11) is 0. The molecule has 0 amide bonds. The summed E-state index contributed by atoms with van der Waals surface area (Å²) in [6.45, 7) is 9.26. The van der Waals surface area contributed by atoms with Gasteiger partial charge in [0.2, 0.25) is 0 Å². The van der Waals surface area contributed by atoms with Crippen LogP contribution in [0, 0.1) is 0 Å². The normalized spacial score (nSPS) is 17.7. The second-order valence-electron chi connectivity index (χ2n) is 4.91. The first-order chi connectivity index (χ1) is 8.17.